The first-order valence-electron chi connectivity index (χ1n) is 4.87. The Morgan fingerprint density at radius 3 is 3.00 bits per heavy atom. The third-order valence-corrected chi connectivity index (χ3v) is 1.82. The van der Waals surface area contributed by atoms with Crippen LogP contribution in [-0.4, -0.2) is 12.6 Å². The lowest BCUT2D eigenvalue weighted by molar-refractivity contribution is 0.239. The number of hydrogen-bond acceptors (Lipinski definition) is 2. The van der Waals surface area contributed by atoms with E-state index in [1.807, 2.05) is 6.07 Å². The summed E-state index contributed by atoms with van der Waals surface area (Å²) in [5, 5.41) is 5.45. The van der Waals surface area contributed by atoms with E-state index in [2.05, 4.69) is 17.6 Å². The van der Waals surface area contributed by atoms with Gasteiger partial charge in [-0.3, -0.25) is 0 Å². The molecule has 0 fully saturated rings. The fourth-order valence-corrected chi connectivity index (χ4v) is 1.02. The zero-order chi connectivity index (χ0) is 10.2. The number of nitrogens with one attached hydrogen (secondary N) is 2. The minimum absolute atomic E-state index is 0.144. The Labute approximate surface area is 83.7 Å². The molecule has 1 heterocycles. The van der Waals surface area contributed by atoms with Crippen molar-refractivity contribution in [1.82, 2.24) is 10.6 Å². The average Bonchev–Trinajstić information content (AvgIpc) is 2.68. The summed E-state index contributed by atoms with van der Waals surface area (Å²) in [6.07, 6.45) is 3.68. The highest BCUT2D eigenvalue weighted by Crippen LogP contribution is 1.97. The highest BCUT2D eigenvalue weighted by Gasteiger charge is 1.99. The molecule has 0 radical (unpaired) electrons. The van der Waals surface area contributed by atoms with Gasteiger partial charge in [0.15, 0.2) is 0 Å². The Bertz CT molecular complexity index is 257. The van der Waals surface area contributed by atoms with Crippen LogP contribution < -0.4 is 10.6 Å². The van der Waals surface area contributed by atoms with Gasteiger partial charge >= 0.3 is 6.03 Å². The van der Waals surface area contributed by atoms with Crippen LogP contribution in [0, 0.1) is 0 Å². The first-order chi connectivity index (χ1) is 6.83. The lowest BCUT2D eigenvalue weighted by atomic mass is 10.3. The predicted octanol–water partition coefficient (Wildman–Crippen LogP) is 1.88. The Kier molecular flexibility index (Phi) is 4.61. The van der Waals surface area contributed by atoms with Crippen LogP contribution in [0.2, 0.25) is 0 Å². The van der Waals surface area contributed by atoms with Gasteiger partial charge in [0.2, 0.25) is 0 Å². The van der Waals surface area contributed by atoms with Crippen molar-refractivity contribution in [3.05, 3.63) is 24.2 Å². The van der Waals surface area contributed by atoms with Gasteiger partial charge in [-0.2, -0.15) is 0 Å². The van der Waals surface area contributed by atoms with E-state index in [9.17, 15) is 4.79 Å². The summed E-state index contributed by atoms with van der Waals surface area (Å²) in [6, 6.07) is 3.48. The summed E-state index contributed by atoms with van der Waals surface area (Å²) < 4.78 is 5.07. The van der Waals surface area contributed by atoms with Crippen molar-refractivity contribution in [2.75, 3.05) is 6.54 Å². The summed E-state index contributed by atoms with van der Waals surface area (Å²) >= 11 is 0. The third-order valence-electron chi connectivity index (χ3n) is 1.82. The zero-order valence-electron chi connectivity index (χ0n) is 8.38. The van der Waals surface area contributed by atoms with Crippen molar-refractivity contribution in [3.8, 4) is 0 Å². The Morgan fingerprint density at radius 1 is 1.50 bits per heavy atom. The molecule has 1 rings (SSSR count). The topological polar surface area (TPSA) is 54.3 Å². The Balaban J connectivity index is 2.09. The van der Waals surface area contributed by atoms with E-state index in [-0.39, 0.29) is 6.03 Å². The van der Waals surface area contributed by atoms with Gasteiger partial charge in [0.05, 0.1) is 12.8 Å². The molecule has 4 nitrogen and oxygen atoms in total. The van der Waals surface area contributed by atoms with Crippen molar-refractivity contribution in [3.63, 3.8) is 0 Å². The summed E-state index contributed by atoms with van der Waals surface area (Å²) in [7, 11) is 0. The van der Waals surface area contributed by atoms with Crippen LogP contribution in [0.15, 0.2) is 22.8 Å². The van der Waals surface area contributed by atoms with Gasteiger partial charge in [-0.05, 0) is 18.6 Å². The fraction of sp³-hybridized carbons (Fsp3) is 0.500. The standard InChI is InChI=1S/C10H16N2O2/c1-2-3-6-11-10(13)12-8-9-5-4-7-14-9/h4-5,7H,2-3,6,8H2,1H3,(H2,11,12,13). The van der Waals surface area contributed by atoms with Crippen molar-refractivity contribution < 1.29 is 9.21 Å². The van der Waals surface area contributed by atoms with Crippen LogP contribution in [0.25, 0.3) is 0 Å². The van der Waals surface area contributed by atoms with Crippen molar-refractivity contribution in [1.29, 1.82) is 0 Å². The third kappa shape index (κ3) is 3.98. The van der Waals surface area contributed by atoms with E-state index in [1.54, 1.807) is 12.3 Å². The van der Waals surface area contributed by atoms with Crippen molar-refractivity contribution in [2.45, 2.75) is 26.3 Å². The van der Waals surface area contributed by atoms with E-state index in [0.717, 1.165) is 25.1 Å². The first kappa shape index (κ1) is 10.6. The molecule has 0 unspecified atom stereocenters. The summed E-state index contributed by atoms with van der Waals surface area (Å²) in [4.78, 5) is 11.1. The number of furan rings is 1. The largest absolute Gasteiger partial charge is 0.467 e. The normalized spacial score (nSPS) is 9.79. The maximum atomic E-state index is 11.1. The molecule has 0 saturated heterocycles. The summed E-state index contributed by atoms with van der Waals surface area (Å²) in [5.41, 5.74) is 0. The quantitative estimate of drug-likeness (QED) is 0.706. The van der Waals surface area contributed by atoms with Crippen LogP contribution in [0.5, 0.6) is 0 Å². The van der Waals surface area contributed by atoms with E-state index < -0.39 is 0 Å². The number of unbranched alkanes of at least 4 members (excludes halogenated alkanes) is 1. The van der Waals surface area contributed by atoms with Crippen molar-refractivity contribution in [2.24, 2.45) is 0 Å². The lowest BCUT2D eigenvalue weighted by Gasteiger charge is -2.04. The number of rotatable bonds is 5. The molecule has 0 aliphatic carbocycles. The number of hydrogen-bond donors (Lipinski definition) is 2. The molecule has 0 aliphatic rings. The maximum Gasteiger partial charge on any atom is 0.315 e. The minimum Gasteiger partial charge on any atom is -0.467 e. The molecule has 0 bridgehead atoms. The van der Waals surface area contributed by atoms with Gasteiger partial charge in [0.1, 0.15) is 5.76 Å². The molecule has 0 aromatic carbocycles. The molecule has 1 aromatic heterocycles. The number of carbonyl (C=O) groups is 1. The molecule has 2 amide bonds. The maximum absolute atomic E-state index is 11.1. The first-order valence-corrected chi connectivity index (χ1v) is 4.87. The second-order valence-corrected chi connectivity index (χ2v) is 3.04. The number of urea groups is 1. The van der Waals surface area contributed by atoms with Crippen LogP contribution in [0.4, 0.5) is 4.79 Å². The summed E-state index contributed by atoms with van der Waals surface area (Å²) in [6.45, 7) is 3.24. The molecule has 0 saturated carbocycles. The molecule has 0 atom stereocenters. The number of amides is 2. The molecule has 14 heavy (non-hydrogen) atoms. The highest BCUT2D eigenvalue weighted by atomic mass is 16.3. The second kappa shape index (κ2) is 6.07. The molecule has 78 valence electrons. The molecule has 2 N–H and O–H groups in total. The van der Waals surface area contributed by atoms with E-state index in [1.165, 1.54) is 0 Å². The minimum atomic E-state index is -0.144. The van der Waals surface area contributed by atoms with Gasteiger partial charge in [0.25, 0.3) is 0 Å². The number of carbonyl (C=O) groups excluding carboxylic acids is 1. The molecular weight excluding hydrogens is 180 g/mol. The molecule has 1 aromatic rings. The van der Waals surface area contributed by atoms with Gasteiger partial charge < -0.3 is 15.1 Å². The molecule has 0 spiro atoms. The van der Waals surface area contributed by atoms with E-state index in [4.69, 9.17) is 4.42 Å². The van der Waals surface area contributed by atoms with Crippen LogP contribution >= 0.6 is 0 Å². The van der Waals surface area contributed by atoms with Crippen LogP contribution in [-0.2, 0) is 6.54 Å². The lowest BCUT2D eigenvalue weighted by Crippen LogP contribution is -2.35. The van der Waals surface area contributed by atoms with Gasteiger partial charge in [-0.1, -0.05) is 13.3 Å². The SMILES string of the molecule is CCCCNC(=O)NCc1ccco1. The summed E-state index contributed by atoms with van der Waals surface area (Å²) in [5.74, 6) is 0.760. The van der Waals surface area contributed by atoms with Gasteiger partial charge in [-0.25, -0.2) is 4.79 Å². The van der Waals surface area contributed by atoms with Crippen LogP contribution in [0.1, 0.15) is 25.5 Å². The van der Waals surface area contributed by atoms with Crippen LogP contribution in [0.3, 0.4) is 0 Å². The van der Waals surface area contributed by atoms with Gasteiger partial charge in [0, 0.05) is 6.54 Å². The van der Waals surface area contributed by atoms with E-state index >= 15 is 0 Å². The fourth-order valence-electron chi connectivity index (χ4n) is 1.02. The highest BCUT2D eigenvalue weighted by molar-refractivity contribution is 5.73. The zero-order valence-corrected chi connectivity index (χ0v) is 8.38. The molecule has 4 heteroatoms. The second-order valence-electron chi connectivity index (χ2n) is 3.04. The predicted molar refractivity (Wildman–Crippen MR) is 53.9 cm³/mol. The average molecular weight is 196 g/mol. The monoisotopic (exact) mass is 196 g/mol. The Morgan fingerprint density at radius 2 is 2.36 bits per heavy atom. The van der Waals surface area contributed by atoms with Crippen molar-refractivity contribution >= 4 is 6.03 Å². The smallest absolute Gasteiger partial charge is 0.315 e. The Hall–Kier alpha value is -1.45. The van der Waals surface area contributed by atoms with Gasteiger partial charge in [-0.15, -0.1) is 0 Å². The molecule has 0 aliphatic heterocycles. The molecular formula is C10H16N2O2. The van der Waals surface area contributed by atoms with E-state index in [0.29, 0.717) is 6.54 Å².